The van der Waals surface area contributed by atoms with Crippen LogP contribution in [0.15, 0.2) is 91.3 Å². The maximum atomic E-state index is 11.2. The minimum atomic E-state index is -1.33. The summed E-state index contributed by atoms with van der Waals surface area (Å²) >= 11 is 0. The summed E-state index contributed by atoms with van der Waals surface area (Å²) in [5, 5.41) is 9.14. The first-order chi connectivity index (χ1) is 21.0. The molecule has 0 saturated heterocycles. The number of hydrogen-bond donors (Lipinski definition) is 1. The Labute approximate surface area is 250 Å². The first-order valence-electron chi connectivity index (χ1n) is 14.6. The quantitative estimate of drug-likeness (QED) is 0.125. The molecule has 2 aromatic heterocycles. The van der Waals surface area contributed by atoms with Crippen molar-refractivity contribution in [3.63, 3.8) is 0 Å². The van der Waals surface area contributed by atoms with E-state index in [-0.39, 0.29) is 0 Å². The molecule has 0 fully saturated rings. The zero-order valence-electron chi connectivity index (χ0n) is 24.4. The summed E-state index contributed by atoms with van der Waals surface area (Å²) in [7, 11) is 0. The van der Waals surface area contributed by atoms with Crippen molar-refractivity contribution >= 4 is 28.2 Å². The van der Waals surface area contributed by atoms with Gasteiger partial charge in [0.1, 0.15) is 29.4 Å². The summed E-state index contributed by atoms with van der Waals surface area (Å²) in [6, 6.07) is 27.5. The number of benzene rings is 4. The predicted molar refractivity (Wildman–Crippen MR) is 168 cm³/mol. The van der Waals surface area contributed by atoms with E-state index in [1.54, 1.807) is 12.1 Å². The molecule has 0 amide bonds. The molecular formula is C35H34N4O4. The molecule has 0 aliphatic carbocycles. The van der Waals surface area contributed by atoms with E-state index in [0.29, 0.717) is 25.4 Å². The van der Waals surface area contributed by atoms with Crippen molar-refractivity contribution in [1.82, 2.24) is 19.1 Å². The fraction of sp³-hybridized carbons (Fsp3) is 0.229. The Morgan fingerprint density at radius 1 is 0.930 bits per heavy atom. The molecule has 8 heteroatoms. The highest BCUT2D eigenvalue weighted by atomic mass is 16.7. The van der Waals surface area contributed by atoms with Gasteiger partial charge in [-0.3, -0.25) is 0 Å². The topological polar surface area (TPSA) is 91.4 Å². The van der Waals surface area contributed by atoms with Gasteiger partial charge in [-0.05, 0) is 54.3 Å². The Bertz CT molecular complexity index is 1890. The number of hydrogen-bond acceptors (Lipinski definition) is 5. The van der Waals surface area contributed by atoms with Crippen LogP contribution in [-0.2, 0) is 19.5 Å². The second-order valence-electron chi connectivity index (χ2n) is 10.6. The SMILES string of the molecule is CCCCc1nc2c(C)ccc(OCCn3cnc4ccccc43)c2n1Cc1ccc(-c2ccccc2OC(=O)O)cc1. The number of aryl methyl sites for hydroxylation is 2. The molecule has 1 N–H and O–H groups in total. The number of imidazole rings is 2. The van der Waals surface area contributed by atoms with E-state index in [0.717, 1.165) is 75.2 Å². The van der Waals surface area contributed by atoms with Gasteiger partial charge in [-0.15, -0.1) is 0 Å². The lowest BCUT2D eigenvalue weighted by Crippen LogP contribution is -2.10. The zero-order chi connectivity index (χ0) is 29.8. The van der Waals surface area contributed by atoms with Gasteiger partial charge in [0.15, 0.2) is 0 Å². The number of aromatic nitrogens is 4. The third-order valence-corrected chi connectivity index (χ3v) is 7.70. The van der Waals surface area contributed by atoms with E-state index in [1.165, 1.54) is 0 Å². The van der Waals surface area contributed by atoms with Crippen molar-refractivity contribution in [2.45, 2.75) is 46.2 Å². The molecular weight excluding hydrogens is 540 g/mol. The van der Waals surface area contributed by atoms with E-state index in [4.69, 9.17) is 19.6 Å². The number of ether oxygens (including phenoxy) is 2. The molecule has 218 valence electrons. The lowest BCUT2D eigenvalue weighted by molar-refractivity contribution is 0.144. The van der Waals surface area contributed by atoms with Gasteiger partial charge in [0, 0.05) is 18.5 Å². The molecule has 4 aromatic carbocycles. The standard InChI is InChI=1S/C35H34N4O4/c1-3-4-13-32-37-33-24(2)14-19-31(42-21-20-38-23-36-28-10-6-7-11-29(28)38)34(33)39(32)22-25-15-17-26(18-16-25)27-9-5-8-12-30(27)43-35(40)41/h5-12,14-19,23H,3-4,13,20-22H2,1-2H3,(H,40,41). The third kappa shape index (κ3) is 5.95. The summed E-state index contributed by atoms with van der Waals surface area (Å²) in [6.07, 6.45) is 3.54. The Kier molecular flexibility index (Phi) is 8.09. The van der Waals surface area contributed by atoms with Crippen molar-refractivity contribution in [1.29, 1.82) is 0 Å². The van der Waals surface area contributed by atoms with E-state index in [2.05, 4.69) is 52.2 Å². The van der Waals surface area contributed by atoms with Crippen LogP contribution in [0.2, 0.25) is 0 Å². The predicted octanol–water partition coefficient (Wildman–Crippen LogP) is 7.89. The summed E-state index contributed by atoms with van der Waals surface area (Å²) in [4.78, 5) is 20.8. The number of nitrogens with zero attached hydrogens (tertiary/aromatic N) is 4. The average molecular weight is 575 g/mol. The van der Waals surface area contributed by atoms with E-state index < -0.39 is 6.16 Å². The molecule has 0 saturated carbocycles. The van der Waals surface area contributed by atoms with Crippen LogP contribution in [0.5, 0.6) is 11.5 Å². The van der Waals surface area contributed by atoms with Gasteiger partial charge in [0.2, 0.25) is 0 Å². The van der Waals surface area contributed by atoms with Crippen LogP contribution in [0, 0.1) is 6.92 Å². The highest BCUT2D eigenvalue weighted by Crippen LogP contribution is 2.33. The number of carboxylic acid groups (broad SMARTS) is 1. The minimum absolute atomic E-state index is 0.311. The lowest BCUT2D eigenvalue weighted by atomic mass is 10.0. The molecule has 0 aliphatic rings. The molecule has 0 aliphatic heterocycles. The monoisotopic (exact) mass is 574 g/mol. The molecule has 43 heavy (non-hydrogen) atoms. The Morgan fingerprint density at radius 2 is 1.72 bits per heavy atom. The van der Waals surface area contributed by atoms with Crippen LogP contribution >= 0.6 is 0 Å². The van der Waals surface area contributed by atoms with Crippen LogP contribution in [0.25, 0.3) is 33.2 Å². The van der Waals surface area contributed by atoms with Gasteiger partial charge in [-0.2, -0.15) is 0 Å². The van der Waals surface area contributed by atoms with Gasteiger partial charge in [-0.1, -0.05) is 74.0 Å². The molecule has 6 aromatic rings. The Balaban J connectivity index is 1.30. The van der Waals surface area contributed by atoms with Crippen molar-refractivity contribution < 1.29 is 19.4 Å². The average Bonchev–Trinajstić information content (AvgIpc) is 3.60. The van der Waals surface area contributed by atoms with Crippen molar-refractivity contribution in [2.24, 2.45) is 0 Å². The van der Waals surface area contributed by atoms with Crippen LogP contribution in [0.1, 0.15) is 36.7 Å². The van der Waals surface area contributed by atoms with Crippen molar-refractivity contribution in [3.8, 4) is 22.6 Å². The van der Waals surface area contributed by atoms with Crippen molar-refractivity contribution in [2.75, 3.05) is 6.61 Å². The minimum Gasteiger partial charge on any atom is -0.489 e. The molecule has 6 rings (SSSR count). The van der Waals surface area contributed by atoms with Gasteiger partial charge < -0.3 is 23.7 Å². The fourth-order valence-electron chi connectivity index (χ4n) is 5.50. The molecule has 0 atom stereocenters. The molecule has 0 bridgehead atoms. The van der Waals surface area contributed by atoms with Crippen LogP contribution < -0.4 is 9.47 Å². The summed E-state index contributed by atoms with van der Waals surface area (Å²) < 4.78 is 15.9. The van der Waals surface area contributed by atoms with Gasteiger partial charge in [0.05, 0.1) is 29.4 Å². The molecule has 0 spiro atoms. The second-order valence-corrected chi connectivity index (χ2v) is 10.6. The Morgan fingerprint density at radius 3 is 2.53 bits per heavy atom. The molecule has 2 heterocycles. The highest BCUT2D eigenvalue weighted by Gasteiger charge is 2.18. The summed E-state index contributed by atoms with van der Waals surface area (Å²) in [5.41, 5.74) is 7.87. The zero-order valence-corrected chi connectivity index (χ0v) is 24.4. The van der Waals surface area contributed by atoms with E-state index in [1.807, 2.05) is 54.9 Å². The lowest BCUT2D eigenvalue weighted by Gasteiger charge is -2.14. The van der Waals surface area contributed by atoms with Crippen LogP contribution in [0.3, 0.4) is 0 Å². The first-order valence-corrected chi connectivity index (χ1v) is 14.6. The van der Waals surface area contributed by atoms with Gasteiger partial charge in [-0.25, -0.2) is 14.8 Å². The van der Waals surface area contributed by atoms with Crippen LogP contribution in [0.4, 0.5) is 4.79 Å². The normalized spacial score (nSPS) is 11.3. The van der Waals surface area contributed by atoms with Crippen LogP contribution in [-0.4, -0.2) is 37.0 Å². The fourth-order valence-corrected chi connectivity index (χ4v) is 5.50. The number of unbranched alkanes of at least 4 members (excludes halogenated alkanes) is 1. The van der Waals surface area contributed by atoms with Gasteiger partial charge >= 0.3 is 6.16 Å². The Hall–Kier alpha value is -5.11. The number of para-hydroxylation sites is 3. The number of carbonyl (C=O) groups is 1. The highest BCUT2D eigenvalue weighted by molar-refractivity contribution is 5.86. The number of rotatable bonds is 11. The molecule has 8 nitrogen and oxygen atoms in total. The van der Waals surface area contributed by atoms with Crippen molar-refractivity contribution in [3.05, 3.63) is 108 Å². The summed E-state index contributed by atoms with van der Waals surface area (Å²) in [6.45, 7) is 6.10. The maximum Gasteiger partial charge on any atom is 0.511 e. The molecule has 0 unspecified atom stereocenters. The van der Waals surface area contributed by atoms with E-state index >= 15 is 0 Å². The third-order valence-electron chi connectivity index (χ3n) is 7.70. The summed E-state index contributed by atoms with van der Waals surface area (Å²) in [5.74, 6) is 2.17. The second kappa shape index (κ2) is 12.4. The number of fused-ring (bicyclic) bond motifs is 2. The first kappa shape index (κ1) is 28.0. The molecule has 0 radical (unpaired) electrons. The van der Waals surface area contributed by atoms with Gasteiger partial charge in [0.25, 0.3) is 0 Å². The maximum absolute atomic E-state index is 11.2. The van der Waals surface area contributed by atoms with E-state index in [9.17, 15) is 4.79 Å². The smallest absolute Gasteiger partial charge is 0.489 e. The largest absolute Gasteiger partial charge is 0.511 e.